The second-order valence-corrected chi connectivity index (χ2v) is 8.55. The topological polar surface area (TPSA) is 61.9 Å². The molecule has 8 heteroatoms. The summed E-state index contributed by atoms with van der Waals surface area (Å²) in [5, 5.41) is 4.95. The van der Waals surface area contributed by atoms with Gasteiger partial charge < -0.3 is 19.9 Å². The van der Waals surface area contributed by atoms with Gasteiger partial charge in [-0.15, -0.1) is 22.7 Å². The SMILES string of the molecule is COc1ccccc1NC(=O)N1CCCN(C(=O)c2cc3sccc3s2)CC1. The van der Waals surface area contributed by atoms with Crippen molar-refractivity contribution in [2.75, 3.05) is 38.6 Å². The summed E-state index contributed by atoms with van der Waals surface area (Å²) in [5.74, 6) is 0.681. The molecule has 0 unspecified atom stereocenters. The number of hydrogen-bond donors (Lipinski definition) is 1. The summed E-state index contributed by atoms with van der Waals surface area (Å²) in [6.45, 7) is 2.31. The zero-order chi connectivity index (χ0) is 19.5. The van der Waals surface area contributed by atoms with Gasteiger partial charge in [-0.3, -0.25) is 4.79 Å². The van der Waals surface area contributed by atoms with Crippen molar-refractivity contribution in [1.82, 2.24) is 9.80 Å². The van der Waals surface area contributed by atoms with Crippen LogP contribution in [0.1, 0.15) is 16.1 Å². The second kappa shape index (κ2) is 8.20. The summed E-state index contributed by atoms with van der Waals surface area (Å²) in [5.41, 5.74) is 0.644. The van der Waals surface area contributed by atoms with Gasteiger partial charge in [-0.2, -0.15) is 0 Å². The van der Waals surface area contributed by atoms with Crippen LogP contribution in [-0.4, -0.2) is 55.0 Å². The van der Waals surface area contributed by atoms with E-state index in [-0.39, 0.29) is 11.9 Å². The Morgan fingerprint density at radius 2 is 1.82 bits per heavy atom. The molecule has 1 saturated heterocycles. The fourth-order valence-electron chi connectivity index (χ4n) is 3.29. The number of carbonyl (C=O) groups is 2. The average molecular weight is 416 g/mol. The fraction of sp³-hybridized carbons (Fsp3) is 0.300. The van der Waals surface area contributed by atoms with Gasteiger partial charge >= 0.3 is 6.03 Å². The Balaban J connectivity index is 1.39. The Kier molecular flexibility index (Phi) is 5.50. The van der Waals surface area contributed by atoms with Gasteiger partial charge in [0.1, 0.15) is 5.75 Å². The molecule has 0 atom stereocenters. The number of para-hydroxylation sites is 2. The van der Waals surface area contributed by atoms with E-state index >= 15 is 0 Å². The number of fused-ring (bicyclic) bond motifs is 1. The number of nitrogens with one attached hydrogen (secondary N) is 1. The third-order valence-electron chi connectivity index (χ3n) is 4.77. The second-order valence-electron chi connectivity index (χ2n) is 6.52. The highest BCUT2D eigenvalue weighted by atomic mass is 32.1. The summed E-state index contributed by atoms with van der Waals surface area (Å²) in [7, 11) is 1.58. The molecule has 0 saturated carbocycles. The molecule has 0 radical (unpaired) electrons. The predicted octanol–water partition coefficient (Wildman–Crippen LogP) is 4.35. The first kappa shape index (κ1) is 18.8. The molecule has 1 fully saturated rings. The highest BCUT2D eigenvalue weighted by Crippen LogP contribution is 2.31. The lowest BCUT2D eigenvalue weighted by Crippen LogP contribution is -2.39. The van der Waals surface area contributed by atoms with E-state index in [0.29, 0.717) is 37.6 Å². The number of hydrogen-bond acceptors (Lipinski definition) is 5. The highest BCUT2D eigenvalue weighted by molar-refractivity contribution is 7.27. The minimum atomic E-state index is -0.171. The van der Waals surface area contributed by atoms with Gasteiger partial charge in [0.2, 0.25) is 0 Å². The van der Waals surface area contributed by atoms with Crippen LogP contribution in [0.15, 0.2) is 41.8 Å². The van der Waals surface area contributed by atoms with Crippen LogP contribution in [0.3, 0.4) is 0 Å². The molecule has 0 aliphatic carbocycles. The van der Waals surface area contributed by atoms with E-state index in [1.54, 1.807) is 23.3 Å². The van der Waals surface area contributed by atoms with Crippen LogP contribution in [-0.2, 0) is 0 Å². The van der Waals surface area contributed by atoms with Crippen LogP contribution in [0.4, 0.5) is 10.5 Å². The quantitative estimate of drug-likeness (QED) is 0.692. The van der Waals surface area contributed by atoms with Gasteiger partial charge in [0, 0.05) is 35.6 Å². The largest absolute Gasteiger partial charge is 0.495 e. The number of methoxy groups -OCH3 is 1. The maximum Gasteiger partial charge on any atom is 0.322 e. The van der Waals surface area contributed by atoms with Crippen molar-refractivity contribution >= 4 is 49.7 Å². The Bertz CT molecular complexity index is 969. The molecule has 2 aromatic heterocycles. The third kappa shape index (κ3) is 3.83. The van der Waals surface area contributed by atoms with Crippen molar-refractivity contribution in [1.29, 1.82) is 0 Å². The van der Waals surface area contributed by atoms with E-state index < -0.39 is 0 Å². The maximum absolute atomic E-state index is 12.9. The number of amides is 3. The van der Waals surface area contributed by atoms with Crippen molar-refractivity contribution in [3.63, 3.8) is 0 Å². The molecule has 4 rings (SSSR count). The van der Waals surface area contributed by atoms with E-state index in [2.05, 4.69) is 5.32 Å². The summed E-state index contributed by atoms with van der Waals surface area (Å²) >= 11 is 3.19. The number of ether oxygens (including phenoxy) is 1. The Hall–Kier alpha value is -2.58. The summed E-state index contributed by atoms with van der Waals surface area (Å²) in [6.07, 6.45) is 0.755. The van der Waals surface area contributed by atoms with Crippen molar-refractivity contribution < 1.29 is 14.3 Å². The summed E-state index contributed by atoms with van der Waals surface area (Å²) in [6, 6.07) is 11.2. The van der Waals surface area contributed by atoms with Gasteiger partial charge in [0.15, 0.2) is 0 Å². The Labute approximate surface area is 171 Å². The molecule has 3 aromatic rings. The maximum atomic E-state index is 12.9. The van der Waals surface area contributed by atoms with Gasteiger partial charge in [0.05, 0.1) is 17.7 Å². The number of carbonyl (C=O) groups excluding carboxylic acids is 2. The number of anilines is 1. The van der Waals surface area contributed by atoms with Crippen LogP contribution >= 0.6 is 22.7 Å². The first-order valence-electron chi connectivity index (χ1n) is 9.11. The third-order valence-corrected chi connectivity index (χ3v) is 6.85. The molecule has 28 heavy (non-hydrogen) atoms. The van der Waals surface area contributed by atoms with E-state index in [4.69, 9.17) is 4.74 Å². The molecular weight excluding hydrogens is 394 g/mol. The van der Waals surface area contributed by atoms with Gasteiger partial charge in [-0.05, 0) is 36.1 Å². The summed E-state index contributed by atoms with van der Waals surface area (Å²) < 4.78 is 7.60. The molecule has 1 aliphatic rings. The number of nitrogens with zero attached hydrogens (tertiary/aromatic N) is 2. The number of rotatable bonds is 3. The molecule has 0 spiro atoms. The molecule has 3 amide bonds. The fourth-order valence-corrected chi connectivity index (χ4v) is 5.37. The smallest absolute Gasteiger partial charge is 0.322 e. The molecule has 6 nitrogen and oxygen atoms in total. The van der Waals surface area contributed by atoms with Crippen LogP contribution in [0.5, 0.6) is 5.75 Å². The molecule has 146 valence electrons. The summed E-state index contributed by atoms with van der Waals surface area (Å²) in [4.78, 5) is 29.9. The molecule has 0 bridgehead atoms. The van der Waals surface area contributed by atoms with Gasteiger partial charge in [0.25, 0.3) is 5.91 Å². The van der Waals surface area contributed by atoms with E-state index in [1.807, 2.05) is 46.7 Å². The van der Waals surface area contributed by atoms with E-state index in [9.17, 15) is 9.59 Å². The zero-order valence-electron chi connectivity index (χ0n) is 15.5. The monoisotopic (exact) mass is 415 g/mol. The van der Waals surface area contributed by atoms with Crippen molar-refractivity contribution in [2.24, 2.45) is 0 Å². The molecule has 1 aromatic carbocycles. The van der Waals surface area contributed by atoms with Crippen LogP contribution in [0.2, 0.25) is 0 Å². The van der Waals surface area contributed by atoms with Crippen LogP contribution < -0.4 is 10.1 Å². The lowest BCUT2D eigenvalue weighted by Gasteiger charge is -2.22. The lowest BCUT2D eigenvalue weighted by atomic mass is 10.3. The van der Waals surface area contributed by atoms with Gasteiger partial charge in [-0.1, -0.05) is 12.1 Å². The van der Waals surface area contributed by atoms with Gasteiger partial charge in [-0.25, -0.2) is 4.79 Å². The molecule has 1 N–H and O–H groups in total. The van der Waals surface area contributed by atoms with Crippen LogP contribution in [0, 0.1) is 0 Å². The zero-order valence-corrected chi connectivity index (χ0v) is 17.1. The predicted molar refractivity (Wildman–Crippen MR) is 114 cm³/mol. The Morgan fingerprint density at radius 1 is 1.04 bits per heavy atom. The van der Waals surface area contributed by atoms with E-state index in [0.717, 1.165) is 20.7 Å². The first-order chi connectivity index (χ1) is 13.7. The Morgan fingerprint density at radius 3 is 2.64 bits per heavy atom. The normalized spacial score (nSPS) is 14.8. The van der Waals surface area contributed by atoms with Crippen molar-refractivity contribution in [2.45, 2.75) is 6.42 Å². The minimum absolute atomic E-state index is 0.0559. The lowest BCUT2D eigenvalue weighted by molar-refractivity contribution is 0.0767. The highest BCUT2D eigenvalue weighted by Gasteiger charge is 2.24. The van der Waals surface area contributed by atoms with Crippen LogP contribution in [0.25, 0.3) is 9.40 Å². The molecular formula is C20H21N3O3S2. The minimum Gasteiger partial charge on any atom is -0.495 e. The number of benzene rings is 1. The molecule has 1 aliphatic heterocycles. The number of urea groups is 1. The van der Waals surface area contributed by atoms with Crippen molar-refractivity contribution in [3.05, 3.63) is 46.7 Å². The number of thiophene rings is 2. The van der Waals surface area contributed by atoms with Crippen molar-refractivity contribution in [3.8, 4) is 5.75 Å². The average Bonchev–Trinajstić information content (AvgIpc) is 3.22. The van der Waals surface area contributed by atoms with E-state index in [1.165, 1.54) is 11.3 Å². The first-order valence-corrected chi connectivity index (χ1v) is 10.8. The standard InChI is InChI=1S/C20H21N3O3S2/c1-26-15-6-3-2-5-14(15)21-20(25)23-9-4-8-22(10-11-23)19(24)18-13-17-16(28-18)7-12-27-17/h2-3,5-7,12-13H,4,8-11H2,1H3,(H,21,25). The molecule has 3 heterocycles.